The van der Waals surface area contributed by atoms with Crippen molar-refractivity contribution in [2.24, 2.45) is 0 Å². The lowest BCUT2D eigenvalue weighted by Crippen LogP contribution is -2.47. The summed E-state index contributed by atoms with van der Waals surface area (Å²) >= 11 is 0. The molecule has 0 aliphatic heterocycles. The summed E-state index contributed by atoms with van der Waals surface area (Å²) in [6.07, 6.45) is 93.2. The van der Waals surface area contributed by atoms with Gasteiger partial charge in [-0.2, -0.15) is 0 Å². The average Bonchev–Trinajstić information content (AvgIpc) is 3.73. The maximum Gasteiger partial charge on any atom is 0.306 e. The summed E-state index contributed by atoms with van der Waals surface area (Å²) in [5, 5.41) is 3.06. The molecule has 0 aliphatic rings. The molecule has 0 saturated carbocycles. The number of rotatable bonds is 72. The number of amides is 1. The van der Waals surface area contributed by atoms with E-state index >= 15 is 0 Å². The summed E-state index contributed by atoms with van der Waals surface area (Å²) in [4.78, 5) is 40.3. The van der Waals surface area contributed by atoms with Crippen molar-refractivity contribution < 1.29 is 37.3 Å². The molecule has 0 spiro atoms. The maximum atomic E-state index is 13.7. The highest BCUT2D eigenvalue weighted by atomic mass is 31.2. The van der Waals surface area contributed by atoms with Crippen molar-refractivity contribution >= 4 is 19.7 Å². The Morgan fingerprint density at radius 1 is 0.385 bits per heavy atom. The standard InChI is InChI=1S/C81H151N2O7P/c1-7-10-13-16-19-22-25-28-30-32-34-36-38-40-41-43-45-47-49-51-53-56-59-62-65-68-71-74-81(85)90-79(72-69-66-63-60-57-54-27-24-21-18-15-12-9-3)78(77-89-91(86,87)88-76-75-83(4,5)6)82-80(84)73-70-67-64-61-58-55-52-50-48-46-44-42-39-37-35-33-31-29-26-23-20-17-14-11-8-2/h19-20,22-23,28-31,35,37,69,72,78-79H,7-18,21,24-27,32-34,36,38-68,70-71,73-77H2,1-6H3,(H-,82,84,86,87)/b22-19-,23-20-,30-28-,31-29-,37-35-,72-69+. The summed E-state index contributed by atoms with van der Waals surface area (Å²) in [7, 11) is 1.19. The van der Waals surface area contributed by atoms with Crippen molar-refractivity contribution in [3.8, 4) is 0 Å². The zero-order valence-electron chi connectivity index (χ0n) is 61.1. The van der Waals surface area contributed by atoms with E-state index in [9.17, 15) is 19.0 Å². The first-order chi connectivity index (χ1) is 44.4. The van der Waals surface area contributed by atoms with Crippen molar-refractivity contribution in [3.63, 3.8) is 0 Å². The van der Waals surface area contributed by atoms with E-state index in [0.29, 0.717) is 17.4 Å². The van der Waals surface area contributed by atoms with E-state index in [-0.39, 0.29) is 31.5 Å². The SMILES string of the molecule is CCCCC/C=C\C/C=C\C/C=C\CCCCCCCCCCCCCCC(=O)NC(COP(=O)([O-])OCC[N+](C)(C)C)C(/C=C/CCCCCCCCCCCCC)OC(=O)CCCCCCCCCCCCCCCCCCC/C=C\C/C=C\CCCCC. The molecule has 0 aromatic rings. The molecule has 91 heavy (non-hydrogen) atoms. The molecule has 0 radical (unpaired) electrons. The number of quaternary nitrogens is 1. The number of phosphoric acid groups is 1. The van der Waals surface area contributed by atoms with Crippen LogP contribution in [0, 0.1) is 0 Å². The topological polar surface area (TPSA) is 114 Å². The quantitative estimate of drug-likeness (QED) is 0.0212. The van der Waals surface area contributed by atoms with Crippen LogP contribution < -0.4 is 10.2 Å². The van der Waals surface area contributed by atoms with Gasteiger partial charge in [0, 0.05) is 12.8 Å². The molecule has 3 atom stereocenters. The average molecular weight is 1300 g/mol. The van der Waals surface area contributed by atoms with E-state index in [4.69, 9.17) is 13.8 Å². The van der Waals surface area contributed by atoms with Crippen molar-refractivity contribution in [2.75, 3.05) is 40.9 Å². The highest BCUT2D eigenvalue weighted by Crippen LogP contribution is 2.38. The predicted octanol–water partition coefficient (Wildman–Crippen LogP) is 24.8. The number of carbonyl (C=O) groups excluding carboxylic acids is 2. The Morgan fingerprint density at radius 3 is 1.02 bits per heavy atom. The third-order valence-corrected chi connectivity index (χ3v) is 18.6. The number of likely N-dealkylation sites (N-methyl/N-ethyl adjacent to an activating group) is 1. The number of hydrogen-bond donors (Lipinski definition) is 1. The first kappa shape index (κ1) is 88.5. The Morgan fingerprint density at radius 2 is 0.670 bits per heavy atom. The molecular weight excluding hydrogens is 1140 g/mol. The number of esters is 1. The van der Waals surface area contributed by atoms with Crippen LogP contribution in [-0.4, -0.2) is 69.4 Å². The lowest BCUT2D eigenvalue weighted by atomic mass is 10.0. The summed E-state index contributed by atoms with van der Waals surface area (Å²) in [5.41, 5.74) is 0. The number of unbranched alkanes of at least 4 members (excludes halogenated alkanes) is 46. The fraction of sp³-hybridized carbons (Fsp3) is 0.827. The second-order valence-corrected chi connectivity index (χ2v) is 29.3. The molecular formula is C81H151N2O7P. The highest BCUT2D eigenvalue weighted by molar-refractivity contribution is 7.45. The predicted molar refractivity (Wildman–Crippen MR) is 395 cm³/mol. The second-order valence-electron chi connectivity index (χ2n) is 27.9. The van der Waals surface area contributed by atoms with Gasteiger partial charge < -0.3 is 28.5 Å². The molecule has 10 heteroatoms. The second kappa shape index (κ2) is 70.3. The van der Waals surface area contributed by atoms with Crippen molar-refractivity contribution in [1.29, 1.82) is 0 Å². The molecule has 9 nitrogen and oxygen atoms in total. The Kier molecular flexibility index (Phi) is 68.3. The number of phosphoric ester groups is 1. The molecule has 0 fully saturated rings. The van der Waals surface area contributed by atoms with Gasteiger partial charge in [-0.25, -0.2) is 0 Å². The zero-order chi connectivity index (χ0) is 66.3. The van der Waals surface area contributed by atoms with Gasteiger partial charge in [0.1, 0.15) is 19.3 Å². The van der Waals surface area contributed by atoms with Gasteiger partial charge in [0.25, 0.3) is 7.82 Å². The van der Waals surface area contributed by atoms with E-state index in [0.717, 1.165) is 77.0 Å². The minimum Gasteiger partial charge on any atom is -0.756 e. The summed E-state index contributed by atoms with van der Waals surface area (Å²) in [6.45, 7) is 6.85. The Hall–Kier alpha value is -2.55. The third-order valence-electron chi connectivity index (χ3n) is 17.6. The van der Waals surface area contributed by atoms with Crippen molar-refractivity contribution in [2.45, 2.75) is 392 Å². The number of hydrogen-bond acceptors (Lipinski definition) is 7. The van der Waals surface area contributed by atoms with Crippen LogP contribution in [0.5, 0.6) is 0 Å². The number of carbonyl (C=O) groups is 2. The van der Waals surface area contributed by atoms with Gasteiger partial charge in [-0.1, -0.05) is 338 Å². The number of nitrogens with zero attached hydrogens (tertiary/aromatic N) is 1. The largest absolute Gasteiger partial charge is 0.756 e. The van der Waals surface area contributed by atoms with Crippen LogP contribution in [0.3, 0.4) is 0 Å². The maximum absolute atomic E-state index is 13.7. The van der Waals surface area contributed by atoms with E-state index < -0.39 is 20.0 Å². The van der Waals surface area contributed by atoms with Crippen LogP contribution >= 0.6 is 7.82 Å². The zero-order valence-corrected chi connectivity index (χ0v) is 61.9. The Labute approximate surface area is 565 Å². The smallest absolute Gasteiger partial charge is 0.306 e. The molecule has 0 aromatic heterocycles. The molecule has 0 rings (SSSR count). The molecule has 0 saturated heterocycles. The molecule has 0 heterocycles. The molecule has 0 bridgehead atoms. The van der Waals surface area contributed by atoms with Crippen LogP contribution in [-0.2, 0) is 27.9 Å². The summed E-state index contributed by atoms with van der Waals surface area (Å²) < 4.78 is 30.6. The first-order valence-corrected chi connectivity index (χ1v) is 40.7. The summed E-state index contributed by atoms with van der Waals surface area (Å²) in [6, 6.07) is -0.892. The summed E-state index contributed by atoms with van der Waals surface area (Å²) in [5.74, 6) is -0.527. The van der Waals surface area contributed by atoms with Crippen LogP contribution in [0.4, 0.5) is 0 Å². The van der Waals surface area contributed by atoms with Crippen molar-refractivity contribution in [3.05, 3.63) is 72.9 Å². The van der Waals surface area contributed by atoms with Gasteiger partial charge in [-0.3, -0.25) is 14.2 Å². The Bertz CT molecular complexity index is 1780. The molecule has 3 unspecified atom stereocenters. The van der Waals surface area contributed by atoms with Gasteiger partial charge in [-0.05, 0) is 102 Å². The first-order valence-electron chi connectivity index (χ1n) is 39.2. The minimum atomic E-state index is -4.71. The molecule has 532 valence electrons. The van der Waals surface area contributed by atoms with Crippen LogP contribution in [0.2, 0.25) is 0 Å². The van der Waals surface area contributed by atoms with Crippen molar-refractivity contribution in [1.82, 2.24) is 5.32 Å². The molecule has 1 amide bonds. The molecule has 1 N–H and O–H groups in total. The van der Waals surface area contributed by atoms with Gasteiger partial charge in [0.2, 0.25) is 5.91 Å². The highest BCUT2D eigenvalue weighted by Gasteiger charge is 2.27. The van der Waals surface area contributed by atoms with Gasteiger partial charge in [-0.15, -0.1) is 0 Å². The molecule has 0 aromatic carbocycles. The van der Waals surface area contributed by atoms with E-state index in [2.05, 4.69) is 86.8 Å². The van der Waals surface area contributed by atoms with E-state index in [1.165, 1.54) is 270 Å². The number of ether oxygens (including phenoxy) is 1. The monoisotopic (exact) mass is 1300 g/mol. The molecule has 0 aliphatic carbocycles. The lowest BCUT2D eigenvalue weighted by molar-refractivity contribution is -0.870. The van der Waals surface area contributed by atoms with E-state index in [1.54, 1.807) is 0 Å². The van der Waals surface area contributed by atoms with Gasteiger partial charge in [0.05, 0.1) is 33.8 Å². The number of nitrogens with one attached hydrogen (secondary N) is 1. The fourth-order valence-electron chi connectivity index (χ4n) is 11.6. The third kappa shape index (κ3) is 71.6. The van der Waals surface area contributed by atoms with Crippen LogP contribution in [0.1, 0.15) is 380 Å². The minimum absolute atomic E-state index is 0.0225. The lowest BCUT2D eigenvalue weighted by Gasteiger charge is -2.30. The normalized spacial score (nSPS) is 13.8. The van der Waals surface area contributed by atoms with Gasteiger partial charge >= 0.3 is 5.97 Å². The number of allylic oxidation sites excluding steroid dienone is 11. The van der Waals surface area contributed by atoms with Crippen LogP contribution in [0.25, 0.3) is 0 Å². The fourth-order valence-corrected chi connectivity index (χ4v) is 12.3. The van der Waals surface area contributed by atoms with Crippen LogP contribution in [0.15, 0.2) is 72.9 Å². The van der Waals surface area contributed by atoms with E-state index in [1.807, 2.05) is 33.3 Å². The Balaban J connectivity index is 4.97. The van der Waals surface area contributed by atoms with Gasteiger partial charge in [0.15, 0.2) is 0 Å².